The van der Waals surface area contributed by atoms with Crippen LogP contribution in [0, 0.1) is 23.2 Å². The van der Waals surface area contributed by atoms with Gasteiger partial charge in [0.05, 0.1) is 29.4 Å². The summed E-state index contributed by atoms with van der Waals surface area (Å²) in [7, 11) is 2.03. The van der Waals surface area contributed by atoms with Crippen LogP contribution in [0.25, 0.3) is 32.9 Å². The summed E-state index contributed by atoms with van der Waals surface area (Å²) in [5, 5.41) is 14.3. The molecule has 4 amide bonds. The van der Waals surface area contributed by atoms with Gasteiger partial charge in [-0.15, -0.1) is 0 Å². The molecule has 2 aromatic carbocycles. The second-order valence-electron chi connectivity index (χ2n) is 14.6. The minimum Gasteiger partial charge on any atom is -0.491 e. The highest BCUT2D eigenvalue weighted by atomic mass is 16.5. The lowest BCUT2D eigenvalue weighted by atomic mass is 9.92. The van der Waals surface area contributed by atoms with Gasteiger partial charge in [-0.3, -0.25) is 34.4 Å². The Morgan fingerprint density at radius 3 is 2.47 bits per heavy atom. The van der Waals surface area contributed by atoms with Crippen LogP contribution in [0.2, 0.25) is 0 Å². The Morgan fingerprint density at radius 1 is 0.817 bits per heavy atom. The van der Waals surface area contributed by atoms with E-state index in [1.165, 1.54) is 12.1 Å². The Kier molecular flexibility index (Phi) is 10.1. The monoisotopic (exact) mass is 801 g/mol. The number of hydrogen-bond donors (Lipinski definition) is 1. The molecule has 4 aromatic heterocycles. The number of piperidine rings is 1. The van der Waals surface area contributed by atoms with E-state index in [0.717, 1.165) is 37.8 Å². The average molecular weight is 802 g/mol. The number of fused-ring (bicyclic) bond motifs is 4. The Morgan fingerprint density at radius 2 is 1.65 bits per heavy atom. The summed E-state index contributed by atoms with van der Waals surface area (Å²) < 4.78 is 25.6. The molecule has 2 aliphatic heterocycles. The van der Waals surface area contributed by atoms with Crippen molar-refractivity contribution in [2.24, 2.45) is 7.05 Å². The highest BCUT2D eigenvalue weighted by molar-refractivity contribution is 6.23. The number of carbonyl (C=O) groups is 4. The topological polar surface area (TPSA) is 188 Å². The summed E-state index contributed by atoms with van der Waals surface area (Å²) in [4.78, 5) is 63.8. The SMILES string of the molecule is Cn1c2ccncc2c2ccc(-c3cnc(OC4CC(Oc5ccc(C#CCOCCOc6ccc7c(c6)C(=O)N(C6CCC(=O)NC6=O)C7=O)nc5)C4)c(C#N)c3)cc21. The molecule has 9 rings (SSSR count). The van der Waals surface area contributed by atoms with Crippen LogP contribution in [0.3, 0.4) is 0 Å². The zero-order chi connectivity index (χ0) is 41.3. The molecule has 60 heavy (non-hydrogen) atoms. The first-order valence-corrected chi connectivity index (χ1v) is 19.3. The predicted octanol–water partition coefficient (Wildman–Crippen LogP) is 4.89. The number of nitrogens with zero attached hydrogens (tertiary/aromatic N) is 6. The van der Waals surface area contributed by atoms with Crippen LogP contribution in [0.1, 0.15) is 57.7 Å². The van der Waals surface area contributed by atoms with E-state index in [0.29, 0.717) is 41.5 Å². The second kappa shape index (κ2) is 16.0. The molecule has 2 fully saturated rings. The number of ether oxygens (including phenoxy) is 4. The molecule has 1 saturated heterocycles. The van der Waals surface area contributed by atoms with Crippen molar-refractivity contribution < 1.29 is 38.1 Å². The molecule has 1 aliphatic carbocycles. The quantitative estimate of drug-likeness (QED) is 0.106. The van der Waals surface area contributed by atoms with E-state index in [9.17, 15) is 24.4 Å². The molecular formula is C45H35N7O8. The number of pyridine rings is 3. The summed E-state index contributed by atoms with van der Waals surface area (Å²) in [5.74, 6) is 4.87. The molecule has 298 valence electrons. The van der Waals surface area contributed by atoms with Crippen molar-refractivity contribution in [3.63, 3.8) is 0 Å². The van der Waals surface area contributed by atoms with Gasteiger partial charge in [0.15, 0.2) is 0 Å². The second-order valence-corrected chi connectivity index (χ2v) is 14.6. The maximum absolute atomic E-state index is 13.0. The van der Waals surface area contributed by atoms with Crippen molar-refractivity contribution in [1.82, 2.24) is 29.7 Å². The van der Waals surface area contributed by atoms with Crippen molar-refractivity contribution in [2.45, 2.75) is 43.9 Å². The predicted molar refractivity (Wildman–Crippen MR) is 215 cm³/mol. The summed E-state index contributed by atoms with van der Waals surface area (Å²) in [6.45, 7) is 0.519. The van der Waals surface area contributed by atoms with E-state index in [1.807, 2.05) is 31.4 Å². The largest absolute Gasteiger partial charge is 0.491 e. The van der Waals surface area contributed by atoms with E-state index >= 15 is 0 Å². The van der Waals surface area contributed by atoms with Crippen LogP contribution < -0.4 is 19.5 Å². The fourth-order valence-electron chi connectivity index (χ4n) is 7.61. The van der Waals surface area contributed by atoms with Gasteiger partial charge in [0, 0.05) is 66.8 Å². The number of hydrogen-bond acceptors (Lipinski definition) is 12. The van der Waals surface area contributed by atoms with E-state index < -0.39 is 29.7 Å². The third kappa shape index (κ3) is 7.34. The lowest BCUT2D eigenvalue weighted by Crippen LogP contribution is -2.54. The summed E-state index contributed by atoms with van der Waals surface area (Å²) >= 11 is 0. The number of aromatic nitrogens is 4. The highest BCUT2D eigenvalue weighted by Gasteiger charge is 2.44. The molecule has 15 heteroatoms. The number of imide groups is 2. The normalized spacial score (nSPS) is 18.3. The number of nitrogens with one attached hydrogen (secondary N) is 1. The van der Waals surface area contributed by atoms with Crippen LogP contribution in [-0.2, 0) is 21.4 Å². The Bertz CT molecular complexity index is 2830. The molecular weight excluding hydrogens is 767 g/mol. The number of amides is 4. The van der Waals surface area contributed by atoms with Crippen LogP contribution in [-0.4, -0.2) is 86.1 Å². The maximum atomic E-state index is 13.0. The minimum absolute atomic E-state index is 0.0496. The zero-order valence-corrected chi connectivity index (χ0v) is 32.2. The third-order valence-corrected chi connectivity index (χ3v) is 10.8. The van der Waals surface area contributed by atoms with Crippen molar-refractivity contribution >= 4 is 45.4 Å². The van der Waals surface area contributed by atoms with Gasteiger partial charge < -0.3 is 23.5 Å². The first kappa shape index (κ1) is 37.9. The standard InChI is InChI=1S/C45H35N7O8/c1-51-38-12-13-47-25-37(38)34-8-4-26(18-40(34)51)28-17-27(22-46)43(49-23-28)60-33-19-32(20-33)59-31-6-5-29(48-24-31)3-2-14-57-15-16-58-30-7-9-35-36(21-30)45(56)52(44(35)55)39-10-11-41(53)50-42(39)54/h4-9,12-13,17-18,21,23-25,32-33,39H,10-11,14-16,19-20H2,1H3,(H,50,53,54). The van der Waals surface area contributed by atoms with Crippen molar-refractivity contribution in [3.05, 3.63) is 108 Å². The molecule has 3 aliphatic rings. The molecule has 0 spiro atoms. The zero-order valence-electron chi connectivity index (χ0n) is 32.2. The molecule has 1 unspecified atom stereocenters. The lowest BCUT2D eigenvalue weighted by molar-refractivity contribution is -0.136. The van der Waals surface area contributed by atoms with E-state index in [2.05, 4.69) is 54.9 Å². The van der Waals surface area contributed by atoms with Gasteiger partial charge >= 0.3 is 0 Å². The molecule has 1 atom stereocenters. The molecule has 0 radical (unpaired) electrons. The Labute approximate surface area is 342 Å². The molecule has 6 heterocycles. The number of benzene rings is 2. The average Bonchev–Trinajstić information content (AvgIpc) is 3.67. The fraction of sp³-hybridized carbons (Fsp3) is 0.244. The smallest absolute Gasteiger partial charge is 0.262 e. The molecule has 15 nitrogen and oxygen atoms in total. The summed E-state index contributed by atoms with van der Waals surface area (Å²) in [5.41, 5.74) is 5.18. The van der Waals surface area contributed by atoms with Gasteiger partial charge in [-0.05, 0) is 66.4 Å². The van der Waals surface area contributed by atoms with Gasteiger partial charge in [0.1, 0.15) is 60.3 Å². The summed E-state index contributed by atoms with van der Waals surface area (Å²) in [6, 6.07) is 19.3. The third-order valence-electron chi connectivity index (χ3n) is 10.8. The molecule has 1 saturated carbocycles. The van der Waals surface area contributed by atoms with E-state index in [-0.39, 0.29) is 56.0 Å². The van der Waals surface area contributed by atoms with Crippen LogP contribution in [0.4, 0.5) is 0 Å². The van der Waals surface area contributed by atoms with Gasteiger partial charge in [0.2, 0.25) is 17.7 Å². The van der Waals surface area contributed by atoms with E-state index in [1.54, 1.807) is 36.8 Å². The van der Waals surface area contributed by atoms with Crippen LogP contribution >= 0.6 is 0 Å². The number of rotatable bonds is 11. The van der Waals surface area contributed by atoms with Gasteiger partial charge in [-0.1, -0.05) is 18.1 Å². The van der Waals surface area contributed by atoms with Crippen LogP contribution in [0.5, 0.6) is 17.4 Å². The van der Waals surface area contributed by atoms with E-state index in [4.69, 9.17) is 18.9 Å². The Balaban J connectivity index is 0.703. The van der Waals surface area contributed by atoms with Gasteiger partial charge in [-0.25, -0.2) is 9.97 Å². The number of aryl methyl sites for hydroxylation is 1. The van der Waals surface area contributed by atoms with Crippen molar-refractivity contribution in [1.29, 1.82) is 5.26 Å². The highest BCUT2D eigenvalue weighted by Crippen LogP contribution is 2.35. The van der Waals surface area contributed by atoms with Crippen molar-refractivity contribution in [3.8, 4) is 46.4 Å². The minimum atomic E-state index is -1.03. The van der Waals surface area contributed by atoms with Gasteiger partial charge in [-0.2, -0.15) is 5.26 Å². The van der Waals surface area contributed by atoms with Gasteiger partial charge in [0.25, 0.3) is 11.8 Å². The van der Waals surface area contributed by atoms with Crippen LogP contribution in [0.15, 0.2) is 85.5 Å². The molecule has 0 bridgehead atoms. The first-order chi connectivity index (χ1) is 29.2. The lowest BCUT2D eigenvalue weighted by Gasteiger charge is -2.35. The summed E-state index contributed by atoms with van der Waals surface area (Å²) in [6.07, 6.45) is 8.22. The first-order valence-electron chi connectivity index (χ1n) is 19.3. The van der Waals surface area contributed by atoms with Crippen molar-refractivity contribution in [2.75, 3.05) is 19.8 Å². The fourth-order valence-corrected chi connectivity index (χ4v) is 7.61. The Hall–Kier alpha value is -7.62. The molecule has 6 aromatic rings. The maximum Gasteiger partial charge on any atom is 0.262 e. The molecule has 1 N–H and O–H groups in total. The number of carbonyl (C=O) groups excluding carboxylic acids is 4. The number of nitriles is 1.